The molecule has 0 aromatic heterocycles. The van der Waals surface area contributed by atoms with Gasteiger partial charge in [-0.05, 0) is 42.8 Å². The molecule has 2 heteroatoms. The number of nitrogens with zero attached hydrogens (tertiary/aromatic N) is 1. The first-order valence-electron chi connectivity index (χ1n) is 10.1. The number of anilines is 2. The highest BCUT2D eigenvalue weighted by molar-refractivity contribution is 7.73. The zero-order valence-corrected chi connectivity index (χ0v) is 17.6. The van der Waals surface area contributed by atoms with Crippen molar-refractivity contribution < 1.29 is 0 Å². The molecule has 1 atom stereocenters. The number of benzene rings is 4. The minimum absolute atomic E-state index is 0.467. The molecule has 144 valence electrons. The number of rotatable bonds is 7. The highest BCUT2D eigenvalue weighted by Crippen LogP contribution is 2.41. The summed E-state index contributed by atoms with van der Waals surface area (Å²) in [6, 6.07) is 43.4. The number of hydrogen-bond acceptors (Lipinski definition) is 1. The van der Waals surface area contributed by atoms with Gasteiger partial charge in [0.25, 0.3) is 0 Å². The zero-order valence-electron chi connectivity index (χ0n) is 16.7. The van der Waals surface area contributed by atoms with E-state index in [1.807, 2.05) is 0 Å². The van der Waals surface area contributed by atoms with Crippen LogP contribution in [0.1, 0.15) is 6.92 Å². The van der Waals surface area contributed by atoms with Crippen molar-refractivity contribution in [2.75, 3.05) is 11.4 Å². The lowest BCUT2D eigenvalue weighted by Crippen LogP contribution is -2.30. The normalized spacial score (nSPS) is 11.9. The standard InChI is InChI=1S/C27H26NP/c1-23(29(26-18-10-4-11-19-26)27-20-12-5-13-21-27)22-28(24-14-6-2-7-15-24)25-16-8-3-9-17-25/h2-21,23H,22H2,1H3. The molecule has 0 bridgehead atoms. The summed E-state index contributed by atoms with van der Waals surface area (Å²) in [4.78, 5) is 2.45. The molecule has 1 unspecified atom stereocenters. The molecule has 0 aliphatic rings. The highest BCUT2D eigenvalue weighted by Gasteiger charge is 2.24. The van der Waals surface area contributed by atoms with E-state index >= 15 is 0 Å². The Labute approximate surface area is 175 Å². The lowest BCUT2D eigenvalue weighted by Gasteiger charge is -2.33. The van der Waals surface area contributed by atoms with Gasteiger partial charge in [-0.3, -0.25) is 0 Å². The Kier molecular flexibility index (Phi) is 6.39. The van der Waals surface area contributed by atoms with E-state index in [2.05, 4.69) is 133 Å². The van der Waals surface area contributed by atoms with E-state index in [0.717, 1.165) is 6.54 Å². The van der Waals surface area contributed by atoms with Gasteiger partial charge in [0, 0.05) is 23.6 Å². The molecular weight excluding hydrogens is 369 g/mol. The van der Waals surface area contributed by atoms with Gasteiger partial charge in [-0.15, -0.1) is 0 Å². The SMILES string of the molecule is CC(CN(c1ccccc1)c1ccccc1)P(c1ccccc1)c1ccccc1. The molecule has 0 heterocycles. The Hall–Kier alpha value is -2.89. The molecule has 4 rings (SSSR count). The van der Waals surface area contributed by atoms with Crippen LogP contribution in [-0.4, -0.2) is 12.2 Å². The van der Waals surface area contributed by atoms with E-state index in [-0.39, 0.29) is 0 Å². The lowest BCUT2D eigenvalue weighted by atomic mass is 10.2. The van der Waals surface area contributed by atoms with Crippen LogP contribution in [0.5, 0.6) is 0 Å². The largest absolute Gasteiger partial charge is 0.341 e. The second kappa shape index (κ2) is 9.54. The first-order chi connectivity index (χ1) is 14.3. The molecule has 0 aliphatic carbocycles. The maximum Gasteiger partial charge on any atom is 0.0410 e. The average Bonchev–Trinajstić information content (AvgIpc) is 2.80. The summed E-state index contributed by atoms with van der Waals surface area (Å²) in [6.07, 6.45) is 0. The summed E-state index contributed by atoms with van der Waals surface area (Å²) in [6.45, 7) is 3.36. The second-order valence-electron chi connectivity index (χ2n) is 7.17. The highest BCUT2D eigenvalue weighted by atomic mass is 31.1. The van der Waals surface area contributed by atoms with E-state index in [9.17, 15) is 0 Å². The van der Waals surface area contributed by atoms with E-state index in [1.54, 1.807) is 0 Å². The molecule has 0 saturated heterocycles. The third-order valence-corrected chi connectivity index (χ3v) is 7.85. The molecule has 0 N–H and O–H groups in total. The smallest absolute Gasteiger partial charge is 0.0410 e. The van der Waals surface area contributed by atoms with Gasteiger partial charge in [-0.25, -0.2) is 0 Å². The predicted molar refractivity (Wildman–Crippen MR) is 128 cm³/mol. The van der Waals surface area contributed by atoms with Crippen LogP contribution in [0.2, 0.25) is 0 Å². The molecule has 4 aromatic carbocycles. The van der Waals surface area contributed by atoms with Gasteiger partial charge in [-0.1, -0.05) is 104 Å². The monoisotopic (exact) mass is 395 g/mol. The van der Waals surface area contributed by atoms with E-state index in [0.29, 0.717) is 5.66 Å². The lowest BCUT2D eigenvalue weighted by molar-refractivity contribution is 0.896. The van der Waals surface area contributed by atoms with Crippen molar-refractivity contribution in [3.8, 4) is 0 Å². The van der Waals surface area contributed by atoms with Crippen LogP contribution in [0, 0.1) is 0 Å². The minimum atomic E-state index is -0.467. The van der Waals surface area contributed by atoms with Crippen LogP contribution in [0.25, 0.3) is 0 Å². The predicted octanol–water partition coefficient (Wildman–Crippen LogP) is 6.35. The number of para-hydroxylation sites is 2. The summed E-state index contributed by atoms with van der Waals surface area (Å²) in [5.41, 5.74) is 2.96. The molecule has 0 amide bonds. The van der Waals surface area contributed by atoms with E-state index in [1.165, 1.54) is 22.0 Å². The topological polar surface area (TPSA) is 3.24 Å². The summed E-state index contributed by atoms with van der Waals surface area (Å²) in [5, 5.41) is 2.87. The molecule has 0 aliphatic heterocycles. The van der Waals surface area contributed by atoms with Crippen molar-refractivity contribution in [3.63, 3.8) is 0 Å². The Morgan fingerprint density at radius 3 is 1.28 bits per heavy atom. The summed E-state index contributed by atoms with van der Waals surface area (Å²) >= 11 is 0. The third-order valence-electron chi connectivity index (χ3n) is 5.09. The Bertz CT molecular complexity index is 909. The first kappa shape index (κ1) is 19.4. The van der Waals surface area contributed by atoms with Crippen molar-refractivity contribution in [2.24, 2.45) is 0 Å². The van der Waals surface area contributed by atoms with Gasteiger partial charge in [0.2, 0.25) is 0 Å². The van der Waals surface area contributed by atoms with Gasteiger partial charge in [0.1, 0.15) is 0 Å². The van der Waals surface area contributed by atoms with Gasteiger partial charge < -0.3 is 4.90 Å². The summed E-state index contributed by atoms with van der Waals surface area (Å²) < 4.78 is 0. The van der Waals surface area contributed by atoms with Crippen LogP contribution < -0.4 is 15.5 Å². The fourth-order valence-corrected chi connectivity index (χ4v) is 6.39. The average molecular weight is 395 g/mol. The molecule has 29 heavy (non-hydrogen) atoms. The van der Waals surface area contributed by atoms with Crippen LogP contribution >= 0.6 is 7.92 Å². The van der Waals surface area contributed by atoms with Gasteiger partial charge in [0.05, 0.1) is 0 Å². The quantitative estimate of drug-likeness (QED) is 0.330. The maximum atomic E-state index is 2.45. The summed E-state index contributed by atoms with van der Waals surface area (Å²) in [5.74, 6) is 0. The molecule has 1 nitrogen and oxygen atoms in total. The van der Waals surface area contributed by atoms with Crippen molar-refractivity contribution in [2.45, 2.75) is 12.6 Å². The van der Waals surface area contributed by atoms with E-state index in [4.69, 9.17) is 0 Å². The van der Waals surface area contributed by atoms with Crippen molar-refractivity contribution >= 4 is 29.9 Å². The van der Waals surface area contributed by atoms with Crippen molar-refractivity contribution in [1.29, 1.82) is 0 Å². The number of hydrogen-bond donors (Lipinski definition) is 0. The third kappa shape index (κ3) is 4.75. The summed E-state index contributed by atoms with van der Waals surface area (Å²) in [7, 11) is -0.467. The van der Waals surface area contributed by atoms with Crippen LogP contribution in [0.4, 0.5) is 11.4 Å². The van der Waals surface area contributed by atoms with Gasteiger partial charge in [0.15, 0.2) is 0 Å². The molecule has 0 spiro atoms. The van der Waals surface area contributed by atoms with Crippen molar-refractivity contribution in [3.05, 3.63) is 121 Å². The first-order valence-corrected chi connectivity index (χ1v) is 11.5. The fraction of sp³-hybridized carbons (Fsp3) is 0.111. The van der Waals surface area contributed by atoms with Gasteiger partial charge >= 0.3 is 0 Å². The van der Waals surface area contributed by atoms with Crippen LogP contribution in [0.15, 0.2) is 121 Å². The molecule has 0 fully saturated rings. The Balaban J connectivity index is 1.70. The minimum Gasteiger partial charge on any atom is -0.341 e. The molecular formula is C27H26NP. The van der Waals surface area contributed by atoms with Crippen LogP contribution in [-0.2, 0) is 0 Å². The fourth-order valence-electron chi connectivity index (χ4n) is 3.76. The second-order valence-corrected chi connectivity index (χ2v) is 9.83. The maximum absolute atomic E-state index is 2.45. The van der Waals surface area contributed by atoms with Crippen LogP contribution in [0.3, 0.4) is 0 Å². The Morgan fingerprint density at radius 1 is 0.552 bits per heavy atom. The Morgan fingerprint density at radius 2 is 0.897 bits per heavy atom. The van der Waals surface area contributed by atoms with Gasteiger partial charge in [-0.2, -0.15) is 0 Å². The molecule has 0 saturated carbocycles. The van der Waals surface area contributed by atoms with E-state index < -0.39 is 7.92 Å². The zero-order chi connectivity index (χ0) is 19.9. The molecule has 0 radical (unpaired) electrons. The van der Waals surface area contributed by atoms with Crippen molar-refractivity contribution in [1.82, 2.24) is 0 Å². The molecule has 4 aromatic rings.